The quantitative estimate of drug-likeness (QED) is 0.709. The Morgan fingerprint density at radius 3 is 2.68 bits per heavy atom. The van der Waals surface area contributed by atoms with E-state index in [-0.39, 0.29) is 11.7 Å². The van der Waals surface area contributed by atoms with Crippen LogP contribution < -0.4 is 5.32 Å². The average Bonchev–Trinajstić information content (AvgIpc) is 3.14. The highest BCUT2D eigenvalue weighted by Gasteiger charge is 2.11. The van der Waals surface area contributed by atoms with Crippen molar-refractivity contribution in [1.29, 1.82) is 0 Å². The van der Waals surface area contributed by atoms with Gasteiger partial charge >= 0.3 is 0 Å². The number of thiophene rings is 1. The van der Waals surface area contributed by atoms with Gasteiger partial charge in [0, 0.05) is 12.2 Å². The molecule has 1 amide bonds. The van der Waals surface area contributed by atoms with Crippen LogP contribution in [-0.2, 0) is 12.8 Å². The lowest BCUT2D eigenvalue weighted by Crippen LogP contribution is -2.24. The van der Waals surface area contributed by atoms with Gasteiger partial charge in [0.1, 0.15) is 5.82 Å². The molecule has 0 aliphatic heterocycles. The second-order valence-corrected chi connectivity index (χ2v) is 6.75. The molecule has 0 unspecified atom stereocenters. The van der Waals surface area contributed by atoms with Gasteiger partial charge in [0.2, 0.25) is 0 Å². The number of rotatable bonds is 6. The third-order valence-electron chi connectivity index (χ3n) is 3.86. The first kappa shape index (κ1) is 17.3. The molecular formula is C20H19FN2OS. The standard InChI is InChI=1S/C20H19FN2OS/c1-2-16-4-3-5-17(23-16)18-10-11-19(25-18)20(24)22-13-12-14-6-8-15(21)9-7-14/h3-11H,2,12-13H2,1H3,(H,22,24). The zero-order valence-electron chi connectivity index (χ0n) is 14.0. The lowest BCUT2D eigenvalue weighted by Gasteiger charge is -2.04. The van der Waals surface area contributed by atoms with Gasteiger partial charge in [-0.05, 0) is 54.8 Å². The van der Waals surface area contributed by atoms with Crippen molar-refractivity contribution in [2.75, 3.05) is 6.54 Å². The summed E-state index contributed by atoms with van der Waals surface area (Å²) >= 11 is 1.44. The van der Waals surface area contributed by atoms with Gasteiger partial charge in [0.05, 0.1) is 15.4 Å². The third kappa shape index (κ3) is 4.51. The van der Waals surface area contributed by atoms with E-state index < -0.39 is 0 Å². The second-order valence-electron chi connectivity index (χ2n) is 5.66. The number of aromatic nitrogens is 1. The summed E-state index contributed by atoms with van der Waals surface area (Å²) in [5, 5.41) is 2.91. The highest BCUT2D eigenvalue weighted by atomic mass is 32.1. The SMILES string of the molecule is CCc1cccc(-c2ccc(C(=O)NCCc3ccc(F)cc3)s2)n1. The molecule has 0 saturated heterocycles. The van der Waals surface area contributed by atoms with Crippen molar-refractivity contribution in [2.45, 2.75) is 19.8 Å². The molecule has 1 aromatic carbocycles. The number of pyridine rings is 1. The highest BCUT2D eigenvalue weighted by Crippen LogP contribution is 2.26. The van der Waals surface area contributed by atoms with E-state index in [1.807, 2.05) is 30.3 Å². The molecule has 1 N–H and O–H groups in total. The largest absolute Gasteiger partial charge is 0.351 e. The van der Waals surface area contributed by atoms with Gasteiger partial charge < -0.3 is 5.32 Å². The summed E-state index contributed by atoms with van der Waals surface area (Å²) in [5.74, 6) is -0.343. The number of nitrogens with zero attached hydrogens (tertiary/aromatic N) is 1. The van der Waals surface area contributed by atoms with Crippen molar-refractivity contribution in [2.24, 2.45) is 0 Å². The summed E-state index contributed by atoms with van der Waals surface area (Å²) < 4.78 is 12.9. The van der Waals surface area contributed by atoms with E-state index in [4.69, 9.17) is 0 Å². The first-order chi connectivity index (χ1) is 12.2. The molecule has 0 bridgehead atoms. The van der Waals surface area contributed by atoms with Gasteiger partial charge in [-0.25, -0.2) is 4.39 Å². The Bertz CT molecular complexity index is 858. The molecule has 0 spiro atoms. The maximum atomic E-state index is 12.9. The molecule has 0 radical (unpaired) electrons. The average molecular weight is 354 g/mol. The van der Waals surface area contributed by atoms with Crippen molar-refractivity contribution >= 4 is 17.2 Å². The maximum Gasteiger partial charge on any atom is 0.261 e. The van der Waals surface area contributed by atoms with Gasteiger partial charge in [-0.1, -0.05) is 25.1 Å². The molecule has 0 fully saturated rings. The molecule has 3 rings (SSSR count). The summed E-state index contributed by atoms with van der Waals surface area (Å²) in [6, 6.07) is 16.0. The molecular weight excluding hydrogens is 335 g/mol. The Hall–Kier alpha value is -2.53. The number of aryl methyl sites for hydroxylation is 1. The van der Waals surface area contributed by atoms with Crippen LogP contribution >= 0.6 is 11.3 Å². The Morgan fingerprint density at radius 1 is 1.12 bits per heavy atom. The third-order valence-corrected chi connectivity index (χ3v) is 4.97. The van der Waals surface area contributed by atoms with Gasteiger partial charge in [-0.2, -0.15) is 0 Å². The second kappa shape index (κ2) is 8.03. The lowest BCUT2D eigenvalue weighted by molar-refractivity contribution is 0.0958. The van der Waals surface area contributed by atoms with Crippen LogP contribution in [0.1, 0.15) is 27.9 Å². The topological polar surface area (TPSA) is 42.0 Å². The molecule has 3 aromatic rings. The van der Waals surface area contributed by atoms with Crippen LogP contribution in [0, 0.1) is 5.82 Å². The Morgan fingerprint density at radius 2 is 1.92 bits per heavy atom. The van der Waals surface area contributed by atoms with Crippen LogP contribution in [0.15, 0.2) is 54.6 Å². The minimum Gasteiger partial charge on any atom is -0.351 e. The van der Waals surface area contributed by atoms with E-state index >= 15 is 0 Å². The minimum atomic E-state index is -0.250. The van der Waals surface area contributed by atoms with Crippen molar-refractivity contribution in [1.82, 2.24) is 10.3 Å². The number of hydrogen-bond donors (Lipinski definition) is 1. The Kier molecular flexibility index (Phi) is 5.56. The van der Waals surface area contributed by atoms with E-state index in [9.17, 15) is 9.18 Å². The zero-order chi connectivity index (χ0) is 17.6. The number of carbonyl (C=O) groups excluding carboxylic acids is 1. The molecule has 128 valence electrons. The van der Waals surface area contributed by atoms with Crippen LogP contribution in [0.2, 0.25) is 0 Å². The highest BCUT2D eigenvalue weighted by molar-refractivity contribution is 7.17. The van der Waals surface area contributed by atoms with Crippen LogP contribution in [0.4, 0.5) is 4.39 Å². The fourth-order valence-electron chi connectivity index (χ4n) is 2.47. The number of hydrogen-bond acceptors (Lipinski definition) is 3. The summed E-state index contributed by atoms with van der Waals surface area (Å²) in [4.78, 5) is 18.5. The molecule has 0 atom stereocenters. The van der Waals surface area contributed by atoms with Crippen molar-refractivity contribution in [3.63, 3.8) is 0 Å². The van der Waals surface area contributed by atoms with E-state index in [2.05, 4.69) is 17.2 Å². The molecule has 2 aromatic heterocycles. The van der Waals surface area contributed by atoms with E-state index in [1.165, 1.54) is 23.5 Å². The van der Waals surface area contributed by atoms with Gasteiger partial charge in [0.25, 0.3) is 5.91 Å². The monoisotopic (exact) mass is 354 g/mol. The lowest BCUT2D eigenvalue weighted by atomic mass is 10.1. The number of nitrogens with one attached hydrogen (secondary N) is 1. The predicted octanol–water partition coefficient (Wildman–Crippen LogP) is 4.48. The molecule has 3 nitrogen and oxygen atoms in total. The predicted molar refractivity (Wildman–Crippen MR) is 99.4 cm³/mol. The van der Waals surface area contributed by atoms with E-state index in [0.717, 1.165) is 28.2 Å². The fourth-order valence-corrected chi connectivity index (χ4v) is 3.36. The van der Waals surface area contributed by atoms with Gasteiger partial charge in [0.15, 0.2) is 0 Å². The van der Waals surface area contributed by atoms with Gasteiger partial charge in [-0.15, -0.1) is 11.3 Å². The molecule has 5 heteroatoms. The van der Waals surface area contributed by atoms with Crippen molar-refractivity contribution in [3.8, 4) is 10.6 Å². The molecule has 25 heavy (non-hydrogen) atoms. The summed E-state index contributed by atoms with van der Waals surface area (Å²) in [6.07, 6.45) is 1.56. The fraction of sp³-hybridized carbons (Fsp3) is 0.200. The smallest absolute Gasteiger partial charge is 0.261 e. The molecule has 0 aliphatic rings. The first-order valence-electron chi connectivity index (χ1n) is 8.24. The molecule has 0 aliphatic carbocycles. The Labute approximate surface area is 150 Å². The van der Waals surface area contributed by atoms with Crippen LogP contribution in [-0.4, -0.2) is 17.4 Å². The van der Waals surface area contributed by atoms with E-state index in [1.54, 1.807) is 12.1 Å². The minimum absolute atomic E-state index is 0.0926. The van der Waals surface area contributed by atoms with Crippen LogP contribution in [0.5, 0.6) is 0 Å². The van der Waals surface area contributed by atoms with Gasteiger partial charge in [-0.3, -0.25) is 9.78 Å². The number of carbonyl (C=O) groups is 1. The van der Waals surface area contributed by atoms with Crippen molar-refractivity contribution in [3.05, 3.63) is 76.5 Å². The summed E-state index contributed by atoms with van der Waals surface area (Å²) in [6.45, 7) is 2.59. The maximum absolute atomic E-state index is 12.9. The molecule has 0 saturated carbocycles. The van der Waals surface area contributed by atoms with Crippen LogP contribution in [0.3, 0.4) is 0 Å². The first-order valence-corrected chi connectivity index (χ1v) is 9.06. The van der Waals surface area contributed by atoms with E-state index in [0.29, 0.717) is 17.8 Å². The Balaban J connectivity index is 1.59. The van der Waals surface area contributed by atoms with Crippen LogP contribution in [0.25, 0.3) is 10.6 Å². The number of benzene rings is 1. The number of halogens is 1. The summed E-state index contributed by atoms with van der Waals surface area (Å²) in [5.41, 5.74) is 2.93. The summed E-state index contributed by atoms with van der Waals surface area (Å²) in [7, 11) is 0. The normalized spacial score (nSPS) is 10.6. The molecule has 2 heterocycles. The van der Waals surface area contributed by atoms with Crippen molar-refractivity contribution < 1.29 is 9.18 Å². The zero-order valence-corrected chi connectivity index (χ0v) is 14.8. The number of amides is 1.